The van der Waals surface area contributed by atoms with Gasteiger partial charge in [0.15, 0.2) is 0 Å². The quantitative estimate of drug-likeness (QED) is 0.304. The number of benzene rings is 2. The lowest BCUT2D eigenvalue weighted by molar-refractivity contribution is -0.00982. The van der Waals surface area contributed by atoms with Crippen LogP contribution in [0.5, 0.6) is 0 Å². The van der Waals surface area contributed by atoms with Gasteiger partial charge < -0.3 is 0 Å². The molecule has 3 aromatic rings. The van der Waals surface area contributed by atoms with Gasteiger partial charge in [-0.25, -0.2) is 4.98 Å². The largest absolute Gasteiger partial charge is 0.294 e. The maximum absolute atomic E-state index is 7.01. The maximum atomic E-state index is 7.01. The van der Waals surface area contributed by atoms with Crippen LogP contribution in [0.1, 0.15) is 88.4 Å². The second-order valence-electron chi connectivity index (χ2n) is 14.4. The lowest BCUT2D eigenvalue weighted by Gasteiger charge is -2.57. The van der Waals surface area contributed by atoms with E-state index in [1.165, 1.54) is 93.9 Å². The molecule has 8 bridgehead atoms. The Morgan fingerprint density at radius 2 is 1.27 bits per heavy atom. The molecule has 8 saturated carbocycles. The third-order valence-corrected chi connectivity index (χ3v) is 13.3. The Hall–Kier alpha value is -1.32. The number of aromatic nitrogens is 2. The van der Waals surface area contributed by atoms with Gasteiger partial charge in [0.2, 0.25) is 0 Å². The molecule has 192 valence electrons. The first-order valence-corrected chi connectivity index (χ1v) is 16.1. The number of rotatable bonds is 3. The van der Waals surface area contributed by atoms with Crippen LogP contribution in [-0.2, 0) is 10.8 Å². The van der Waals surface area contributed by atoms with Crippen LogP contribution in [0, 0.1) is 35.5 Å². The van der Waals surface area contributed by atoms with Gasteiger partial charge in [0, 0.05) is 9.89 Å². The molecule has 0 aliphatic heterocycles. The van der Waals surface area contributed by atoms with Gasteiger partial charge in [-0.05, 0) is 164 Å². The summed E-state index contributed by atoms with van der Waals surface area (Å²) >= 11 is 10.7. The summed E-state index contributed by atoms with van der Waals surface area (Å²) in [4.78, 5) is 5.63. The van der Waals surface area contributed by atoms with E-state index in [4.69, 9.17) is 16.6 Å². The highest BCUT2D eigenvalue weighted by molar-refractivity contribution is 9.10. The van der Waals surface area contributed by atoms with Crippen LogP contribution in [-0.4, -0.2) is 9.55 Å². The first-order chi connectivity index (χ1) is 18.0. The molecule has 0 N–H and O–H groups in total. The molecule has 2 aromatic carbocycles. The van der Waals surface area contributed by atoms with Crippen LogP contribution in [0.2, 0.25) is 5.02 Å². The highest BCUT2D eigenvalue weighted by Crippen LogP contribution is 2.62. The first kappa shape index (κ1) is 22.5. The van der Waals surface area contributed by atoms with E-state index >= 15 is 0 Å². The zero-order chi connectivity index (χ0) is 24.5. The van der Waals surface area contributed by atoms with Crippen LogP contribution in [0.15, 0.2) is 40.9 Å². The fraction of sp³-hybridized carbons (Fsp3) is 0.606. The molecule has 2 nitrogen and oxygen atoms in total. The third-order valence-electron chi connectivity index (χ3n) is 12.0. The predicted octanol–water partition coefficient (Wildman–Crippen LogP) is 9.38. The minimum atomic E-state index is 0.209. The molecule has 0 unspecified atom stereocenters. The van der Waals surface area contributed by atoms with E-state index in [1.54, 1.807) is 5.56 Å². The third kappa shape index (κ3) is 3.19. The summed E-state index contributed by atoms with van der Waals surface area (Å²) in [6, 6.07) is 13.8. The molecule has 1 aromatic heterocycles. The molecular weight excluding hydrogens is 540 g/mol. The van der Waals surface area contributed by atoms with Gasteiger partial charge in [0.05, 0.1) is 21.7 Å². The van der Waals surface area contributed by atoms with Crippen LogP contribution in [0.3, 0.4) is 0 Å². The van der Waals surface area contributed by atoms with Gasteiger partial charge in [0.1, 0.15) is 5.82 Å². The highest BCUT2D eigenvalue weighted by Gasteiger charge is 2.54. The Morgan fingerprint density at radius 3 is 1.84 bits per heavy atom. The van der Waals surface area contributed by atoms with Crippen LogP contribution in [0.25, 0.3) is 16.7 Å². The van der Waals surface area contributed by atoms with E-state index in [0.29, 0.717) is 5.41 Å². The van der Waals surface area contributed by atoms with E-state index in [1.807, 2.05) is 0 Å². The second kappa shape index (κ2) is 7.66. The van der Waals surface area contributed by atoms with E-state index < -0.39 is 0 Å². The van der Waals surface area contributed by atoms with Gasteiger partial charge in [-0.2, -0.15) is 0 Å². The Kier molecular flexibility index (Phi) is 4.65. The molecule has 0 radical (unpaired) electrons. The Morgan fingerprint density at radius 1 is 0.730 bits per heavy atom. The summed E-state index contributed by atoms with van der Waals surface area (Å²) in [5.41, 5.74) is 5.74. The predicted molar refractivity (Wildman–Crippen MR) is 153 cm³/mol. The van der Waals surface area contributed by atoms with E-state index in [0.717, 1.165) is 50.7 Å². The standard InChI is InChI=1S/C33H36BrClN2/c34-26-2-1-3-29(30(26)35)37-28-5-4-25(32-13-19-6-20(14-32)8-21(7-19)15-32)12-27(28)36-31(37)33-16-22-9-23(17-33)11-24(10-22)18-33/h1-5,12,19-24H,6-11,13-18H2. The average Bonchev–Trinajstić information content (AvgIpc) is 3.24. The van der Waals surface area contributed by atoms with Crippen LogP contribution < -0.4 is 0 Å². The fourth-order valence-electron chi connectivity index (χ4n) is 11.5. The minimum absolute atomic E-state index is 0.209. The first-order valence-electron chi connectivity index (χ1n) is 14.9. The van der Waals surface area contributed by atoms with Crippen LogP contribution >= 0.6 is 27.5 Å². The van der Waals surface area contributed by atoms with Crippen molar-refractivity contribution in [2.24, 2.45) is 35.5 Å². The van der Waals surface area contributed by atoms with Crippen molar-refractivity contribution in [1.82, 2.24) is 9.55 Å². The van der Waals surface area contributed by atoms with Crippen LogP contribution in [0.4, 0.5) is 0 Å². The zero-order valence-corrected chi connectivity index (χ0v) is 23.9. The van der Waals surface area contributed by atoms with Crippen molar-refractivity contribution in [2.75, 3.05) is 0 Å². The zero-order valence-electron chi connectivity index (χ0n) is 21.6. The summed E-state index contributed by atoms with van der Waals surface area (Å²) in [6.07, 6.45) is 17.0. The molecule has 0 saturated heterocycles. The molecule has 0 spiro atoms. The molecule has 37 heavy (non-hydrogen) atoms. The van der Waals surface area contributed by atoms with Gasteiger partial charge in [-0.3, -0.25) is 4.57 Å². The Labute approximate surface area is 233 Å². The Balaban J connectivity index is 1.24. The monoisotopic (exact) mass is 574 g/mol. The van der Waals surface area contributed by atoms with Crippen molar-refractivity contribution in [2.45, 2.75) is 87.9 Å². The highest BCUT2D eigenvalue weighted by atomic mass is 79.9. The smallest absolute Gasteiger partial charge is 0.120 e. The number of halogens is 2. The molecule has 8 fully saturated rings. The lowest BCUT2D eigenvalue weighted by Crippen LogP contribution is -2.49. The topological polar surface area (TPSA) is 17.8 Å². The van der Waals surface area contributed by atoms with Gasteiger partial charge in [0.25, 0.3) is 0 Å². The molecule has 8 aliphatic rings. The molecule has 11 rings (SSSR count). The van der Waals surface area contributed by atoms with E-state index in [-0.39, 0.29) is 5.41 Å². The molecule has 4 heteroatoms. The SMILES string of the molecule is Clc1c(Br)cccc1-n1c(C23CC4CC(CC(C4)C2)C3)nc2cc(C34CC5CC(CC(C5)C3)C4)ccc21. The maximum Gasteiger partial charge on any atom is 0.120 e. The molecule has 0 amide bonds. The molecule has 1 heterocycles. The summed E-state index contributed by atoms with van der Waals surface area (Å²) < 4.78 is 3.45. The van der Waals surface area contributed by atoms with Gasteiger partial charge in [-0.15, -0.1) is 0 Å². The normalized spacial score (nSPS) is 41.2. The molecule has 8 aliphatic carbocycles. The fourth-order valence-corrected chi connectivity index (χ4v) is 12.1. The van der Waals surface area contributed by atoms with Gasteiger partial charge >= 0.3 is 0 Å². The van der Waals surface area contributed by atoms with Crippen molar-refractivity contribution >= 4 is 38.6 Å². The van der Waals surface area contributed by atoms with Crippen molar-refractivity contribution in [1.29, 1.82) is 0 Å². The van der Waals surface area contributed by atoms with E-state index in [9.17, 15) is 0 Å². The van der Waals surface area contributed by atoms with Crippen molar-refractivity contribution in [3.8, 4) is 5.69 Å². The summed E-state index contributed by atoms with van der Waals surface area (Å²) in [7, 11) is 0. The number of nitrogens with zero attached hydrogens (tertiary/aromatic N) is 2. The second-order valence-corrected chi connectivity index (χ2v) is 15.7. The van der Waals surface area contributed by atoms with Crippen molar-refractivity contribution < 1.29 is 0 Å². The lowest BCUT2D eigenvalue weighted by atomic mass is 9.48. The minimum Gasteiger partial charge on any atom is -0.294 e. The number of imidazole rings is 1. The van der Waals surface area contributed by atoms with E-state index in [2.05, 4.69) is 56.9 Å². The number of hydrogen-bond donors (Lipinski definition) is 0. The summed E-state index contributed by atoms with van der Waals surface area (Å²) in [6.45, 7) is 0. The molecular formula is C33H36BrClN2. The number of hydrogen-bond acceptors (Lipinski definition) is 1. The van der Waals surface area contributed by atoms with Crippen molar-refractivity contribution in [3.63, 3.8) is 0 Å². The Bertz CT molecular complexity index is 1370. The average molecular weight is 576 g/mol. The summed E-state index contributed by atoms with van der Waals surface area (Å²) in [5.74, 6) is 6.86. The van der Waals surface area contributed by atoms with Gasteiger partial charge in [-0.1, -0.05) is 23.7 Å². The molecule has 0 atom stereocenters. The van der Waals surface area contributed by atoms with Crippen molar-refractivity contribution in [3.05, 3.63) is 57.3 Å². The number of fused-ring (bicyclic) bond motifs is 1. The summed E-state index contributed by atoms with van der Waals surface area (Å²) in [5, 5.41) is 0.804.